The molecule has 0 spiro atoms. The Hall–Kier alpha value is -1.46. The highest BCUT2D eigenvalue weighted by Gasteiger charge is 2.24. The summed E-state index contributed by atoms with van der Waals surface area (Å²) in [5.41, 5.74) is 0.489. The Bertz CT molecular complexity index is 413. The number of hydrogen-bond donors (Lipinski definition) is 0. The molecule has 0 bridgehead atoms. The van der Waals surface area contributed by atoms with E-state index >= 15 is 0 Å². The topological polar surface area (TPSA) is 57.7 Å². The first kappa shape index (κ1) is 13.0. The Kier molecular flexibility index (Phi) is 4.28. The minimum atomic E-state index is -0.533. The zero-order valence-electron chi connectivity index (χ0n) is 10.6. The zero-order chi connectivity index (χ0) is 13.0. The van der Waals surface area contributed by atoms with E-state index in [2.05, 4.69) is 4.98 Å². The highest BCUT2D eigenvalue weighted by molar-refractivity contribution is 5.99. The fourth-order valence-corrected chi connectivity index (χ4v) is 1.72. The highest BCUT2D eigenvalue weighted by Crippen LogP contribution is 2.16. The van der Waals surface area contributed by atoms with E-state index in [1.165, 1.54) is 6.20 Å². The molecule has 1 atom stereocenters. The van der Waals surface area contributed by atoms with E-state index in [9.17, 15) is 4.79 Å². The smallest absolute Gasteiger partial charge is 0.195 e. The molecule has 1 aromatic heterocycles. The zero-order valence-corrected chi connectivity index (χ0v) is 10.6. The number of hydrogen-bond acceptors (Lipinski definition) is 5. The van der Waals surface area contributed by atoms with Gasteiger partial charge in [-0.05, 0) is 19.9 Å². The number of aromatic nitrogens is 1. The molecule has 1 aliphatic heterocycles. The van der Waals surface area contributed by atoms with Crippen LogP contribution in [0.25, 0.3) is 0 Å². The number of pyridine rings is 1. The highest BCUT2D eigenvalue weighted by atomic mass is 16.6. The third kappa shape index (κ3) is 3.27. The van der Waals surface area contributed by atoms with Gasteiger partial charge in [0.05, 0.1) is 32.1 Å². The Morgan fingerprint density at radius 3 is 2.94 bits per heavy atom. The van der Waals surface area contributed by atoms with Crippen molar-refractivity contribution in [2.75, 3.05) is 19.8 Å². The van der Waals surface area contributed by atoms with Crippen LogP contribution in [0.3, 0.4) is 0 Å². The minimum Gasteiger partial charge on any atom is -0.489 e. The lowest BCUT2D eigenvalue weighted by Crippen LogP contribution is -2.35. The Labute approximate surface area is 106 Å². The number of nitrogens with zero attached hydrogens (tertiary/aromatic N) is 1. The summed E-state index contributed by atoms with van der Waals surface area (Å²) in [6, 6.07) is 1.69. The molecule has 2 rings (SSSR count). The van der Waals surface area contributed by atoms with Crippen LogP contribution in [-0.4, -0.2) is 42.8 Å². The molecule has 1 unspecified atom stereocenters. The van der Waals surface area contributed by atoms with Crippen molar-refractivity contribution in [2.24, 2.45) is 0 Å². The van der Waals surface area contributed by atoms with Gasteiger partial charge in [-0.15, -0.1) is 0 Å². The lowest BCUT2D eigenvalue weighted by atomic mass is 10.1. The third-order valence-electron chi connectivity index (χ3n) is 2.48. The van der Waals surface area contributed by atoms with Crippen LogP contribution in [0.15, 0.2) is 18.5 Å². The predicted molar refractivity (Wildman–Crippen MR) is 64.9 cm³/mol. The van der Waals surface area contributed by atoms with Gasteiger partial charge in [-0.2, -0.15) is 0 Å². The van der Waals surface area contributed by atoms with Crippen LogP contribution in [0.5, 0.6) is 5.75 Å². The molecule has 18 heavy (non-hydrogen) atoms. The van der Waals surface area contributed by atoms with Crippen molar-refractivity contribution in [3.8, 4) is 5.75 Å². The molecule has 0 saturated carbocycles. The van der Waals surface area contributed by atoms with E-state index < -0.39 is 6.10 Å². The number of Topliss-reactive ketones (excluding diaryl/α,β-unsaturated/α-hetero) is 1. The Balaban J connectivity index is 2.09. The van der Waals surface area contributed by atoms with Crippen molar-refractivity contribution in [1.82, 2.24) is 4.98 Å². The van der Waals surface area contributed by atoms with E-state index in [1.54, 1.807) is 12.3 Å². The molecule has 0 aliphatic carbocycles. The summed E-state index contributed by atoms with van der Waals surface area (Å²) < 4.78 is 16.1. The van der Waals surface area contributed by atoms with Gasteiger partial charge in [-0.3, -0.25) is 9.78 Å². The fraction of sp³-hybridized carbons (Fsp3) is 0.538. The molecule has 1 saturated heterocycles. The lowest BCUT2D eigenvalue weighted by Gasteiger charge is -2.21. The molecule has 0 radical (unpaired) electrons. The summed E-state index contributed by atoms with van der Waals surface area (Å²) in [5, 5.41) is 0. The molecule has 1 aliphatic rings. The molecule has 5 heteroatoms. The number of carbonyl (C=O) groups excluding carboxylic acids is 1. The van der Waals surface area contributed by atoms with Gasteiger partial charge in [-0.1, -0.05) is 0 Å². The Morgan fingerprint density at radius 1 is 1.44 bits per heavy atom. The molecule has 0 N–H and O–H groups in total. The van der Waals surface area contributed by atoms with Crippen molar-refractivity contribution >= 4 is 5.78 Å². The minimum absolute atomic E-state index is 0.0476. The molecule has 1 aromatic rings. The van der Waals surface area contributed by atoms with E-state index in [-0.39, 0.29) is 11.9 Å². The number of ketones is 1. The fourth-order valence-electron chi connectivity index (χ4n) is 1.72. The molecule has 1 fully saturated rings. The van der Waals surface area contributed by atoms with Gasteiger partial charge >= 0.3 is 0 Å². The van der Waals surface area contributed by atoms with Crippen LogP contribution in [0.4, 0.5) is 0 Å². The summed E-state index contributed by atoms with van der Waals surface area (Å²) in [6.45, 7) is 5.14. The second-order valence-electron chi connectivity index (χ2n) is 4.37. The van der Waals surface area contributed by atoms with Crippen LogP contribution < -0.4 is 4.74 Å². The first-order chi connectivity index (χ1) is 8.66. The summed E-state index contributed by atoms with van der Waals surface area (Å²) >= 11 is 0. The van der Waals surface area contributed by atoms with Gasteiger partial charge in [0.2, 0.25) is 0 Å². The number of rotatable bonds is 4. The van der Waals surface area contributed by atoms with Gasteiger partial charge < -0.3 is 14.2 Å². The van der Waals surface area contributed by atoms with Gasteiger partial charge in [0.15, 0.2) is 5.78 Å². The SMILES string of the molecule is CC(C)Oc1cncc(C(=O)C2COCCO2)c1. The normalized spacial score (nSPS) is 19.8. The monoisotopic (exact) mass is 251 g/mol. The number of ether oxygens (including phenoxy) is 3. The Morgan fingerprint density at radius 2 is 2.28 bits per heavy atom. The van der Waals surface area contributed by atoms with Crippen LogP contribution in [0.2, 0.25) is 0 Å². The molecule has 98 valence electrons. The quantitative estimate of drug-likeness (QED) is 0.758. The van der Waals surface area contributed by atoms with Crippen molar-refractivity contribution in [3.63, 3.8) is 0 Å². The predicted octanol–water partition coefficient (Wildman–Crippen LogP) is 1.47. The van der Waals surface area contributed by atoms with Crippen molar-refractivity contribution < 1.29 is 19.0 Å². The second-order valence-corrected chi connectivity index (χ2v) is 4.37. The van der Waals surface area contributed by atoms with Crippen LogP contribution in [-0.2, 0) is 9.47 Å². The molecule has 2 heterocycles. The van der Waals surface area contributed by atoms with Crippen LogP contribution in [0, 0.1) is 0 Å². The van der Waals surface area contributed by atoms with E-state index in [0.717, 1.165) is 0 Å². The van der Waals surface area contributed by atoms with Gasteiger partial charge in [0.25, 0.3) is 0 Å². The summed E-state index contributed by atoms with van der Waals surface area (Å²) in [7, 11) is 0. The van der Waals surface area contributed by atoms with E-state index in [1.807, 2.05) is 13.8 Å². The summed E-state index contributed by atoms with van der Waals surface area (Å²) in [4.78, 5) is 16.1. The average Bonchev–Trinajstić information content (AvgIpc) is 2.38. The third-order valence-corrected chi connectivity index (χ3v) is 2.48. The molecular weight excluding hydrogens is 234 g/mol. The van der Waals surface area contributed by atoms with Crippen LogP contribution in [0.1, 0.15) is 24.2 Å². The first-order valence-electron chi connectivity index (χ1n) is 6.02. The summed E-state index contributed by atoms with van der Waals surface area (Å²) in [5.74, 6) is 0.476. The average molecular weight is 251 g/mol. The number of carbonyl (C=O) groups is 1. The van der Waals surface area contributed by atoms with Crippen LogP contribution >= 0.6 is 0 Å². The first-order valence-corrected chi connectivity index (χ1v) is 6.02. The van der Waals surface area contributed by atoms with Crippen molar-refractivity contribution in [3.05, 3.63) is 24.0 Å². The summed E-state index contributed by atoms with van der Waals surface area (Å²) in [6.07, 6.45) is 2.63. The molecule has 0 amide bonds. The largest absolute Gasteiger partial charge is 0.489 e. The van der Waals surface area contributed by atoms with Gasteiger partial charge in [0.1, 0.15) is 11.9 Å². The molecular formula is C13H17NO4. The van der Waals surface area contributed by atoms with Gasteiger partial charge in [-0.25, -0.2) is 0 Å². The maximum absolute atomic E-state index is 12.1. The molecule has 0 aromatic carbocycles. The lowest BCUT2D eigenvalue weighted by molar-refractivity contribution is -0.0719. The maximum Gasteiger partial charge on any atom is 0.195 e. The van der Waals surface area contributed by atoms with E-state index in [0.29, 0.717) is 31.1 Å². The van der Waals surface area contributed by atoms with E-state index in [4.69, 9.17) is 14.2 Å². The van der Waals surface area contributed by atoms with Crippen molar-refractivity contribution in [1.29, 1.82) is 0 Å². The maximum atomic E-state index is 12.1. The second kappa shape index (κ2) is 5.93. The standard InChI is InChI=1S/C13H17NO4/c1-9(2)18-11-5-10(6-14-7-11)13(15)12-8-16-3-4-17-12/h5-7,9,12H,3-4,8H2,1-2H3. The van der Waals surface area contributed by atoms with Gasteiger partial charge in [0, 0.05) is 11.8 Å². The molecule has 5 nitrogen and oxygen atoms in total. The van der Waals surface area contributed by atoms with Crippen molar-refractivity contribution in [2.45, 2.75) is 26.1 Å².